The fourth-order valence-corrected chi connectivity index (χ4v) is 1.80. The summed E-state index contributed by atoms with van der Waals surface area (Å²) < 4.78 is 0. The van der Waals surface area contributed by atoms with Crippen molar-refractivity contribution in [3.05, 3.63) is 23.8 Å². The van der Waals surface area contributed by atoms with Gasteiger partial charge in [-0.3, -0.25) is 9.59 Å². The van der Waals surface area contributed by atoms with Crippen molar-refractivity contribution in [1.82, 2.24) is 10.2 Å². The SMILES string of the molecule is CCCNC(=O)CCNc1cc(N)ccc1C(=O)N(C)C. The summed E-state index contributed by atoms with van der Waals surface area (Å²) in [6.07, 6.45) is 1.26. The Morgan fingerprint density at radius 3 is 2.57 bits per heavy atom. The molecule has 1 rings (SSSR count). The Labute approximate surface area is 125 Å². The van der Waals surface area contributed by atoms with E-state index in [0.717, 1.165) is 6.42 Å². The van der Waals surface area contributed by atoms with Gasteiger partial charge in [0.2, 0.25) is 5.91 Å². The van der Waals surface area contributed by atoms with Crippen molar-refractivity contribution >= 4 is 23.2 Å². The summed E-state index contributed by atoms with van der Waals surface area (Å²) in [4.78, 5) is 25.1. The molecule has 0 saturated carbocycles. The van der Waals surface area contributed by atoms with Gasteiger partial charge in [-0.05, 0) is 24.6 Å². The summed E-state index contributed by atoms with van der Waals surface area (Å²) in [6.45, 7) is 3.14. The highest BCUT2D eigenvalue weighted by Crippen LogP contribution is 2.20. The van der Waals surface area contributed by atoms with Crippen LogP contribution in [0.3, 0.4) is 0 Å². The topological polar surface area (TPSA) is 87.5 Å². The largest absolute Gasteiger partial charge is 0.399 e. The van der Waals surface area contributed by atoms with Gasteiger partial charge >= 0.3 is 0 Å². The Morgan fingerprint density at radius 2 is 1.95 bits per heavy atom. The van der Waals surface area contributed by atoms with Gasteiger partial charge < -0.3 is 21.3 Å². The highest BCUT2D eigenvalue weighted by atomic mass is 16.2. The summed E-state index contributed by atoms with van der Waals surface area (Å²) in [6, 6.07) is 5.09. The molecule has 0 fully saturated rings. The van der Waals surface area contributed by atoms with Crippen LogP contribution in [0.5, 0.6) is 0 Å². The van der Waals surface area contributed by atoms with Gasteiger partial charge in [-0.15, -0.1) is 0 Å². The molecule has 0 atom stereocenters. The van der Waals surface area contributed by atoms with Crippen LogP contribution < -0.4 is 16.4 Å². The summed E-state index contributed by atoms with van der Waals surface area (Å²) in [5, 5.41) is 5.92. The number of nitrogens with zero attached hydrogens (tertiary/aromatic N) is 1. The Kier molecular flexibility index (Phi) is 6.52. The number of rotatable bonds is 7. The zero-order valence-corrected chi connectivity index (χ0v) is 12.9. The second-order valence-corrected chi connectivity index (χ2v) is 5.03. The van der Waals surface area contributed by atoms with Crippen molar-refractivity contribution in [3.63, 3.8) is 0 Å². The third-order valence-corrected chi connectivity index (χ3v) is 2.92. The van der Waals surface area contributed by atoms with Crippen LogP contribution >= 0.6 is 0 Å². The smallest absolute Gasteiger partial charge is 0.255 e. The van der Waals surface area contributed by atoms with Crippen molar-refractivity contribution < 1.29 is 9.59 Å². The summed E-state index contributed by atoms with van der Waals surface area (Å²) in [5.41, 5.74) is 7.52. The lowest BCUT2D eigenvalue weighted by Gasteiger charge is -2.16. The molecular weight excluding hydrogens is 268 g/mol. The third-order valence-electron chi connectivity index (χ3n) is 2.92. The molecule has 1 aromatic carbocycles. The van der Waals surface area contributed by atoms with Crippen molar-refractivity contribution in [2.75, 3.05) is 38.2 Å². The molecule has 0 spiro atoms. The van der Waals surface area contributed by atoms with Crippen molar-refractivity contribution in [2.24, 2.45) is 0 Å². The number of benzene rings is 1. The number of hydrogen-bond donors (Lipinski definition) is 3. The van der Waals surface area contributed by atoms with Crippen LogP contribution in [0.25, 0.3) is 0 Å². The van der Waals surface area contributed by atoms with Crippen LogP contribution in [0.2, 0.25) is 0 Å². The number of nitrogens with two attached hydrogens (primary N) is 1. The van der Waals surface area contributed by atoms with Crippen LogP contribution in [0.15, 0.2) is 18.2 Å². The maximum absolute atomic E-state index is 12.1. The van der Waals surface area contributed by atoms with Crippen molar-refractivity contribution in [2.45, 2.75) is 19.8 Å². The number of amides is 2. The zero-order valence-electron chi connectivity index (χ0n) is 12.9. The molecule has 0 aliphatic carbocycles. The van der Waals surface area contributed by atoms with E-state index in [2.05, 4.69) is 10.6 Å². The van der Waals surface area contributed by atoms with Crippen LogP contribution in [-0.2, 0) is 4.79 Å². The predicted molar refractivity (Wildman–Crippen MR) is 85.3 cm³/mol. The molecule has 0 aliphatic rings. The summed E-state index contributed by atoms with van der Waals surface area (Å²) in [7, 11) is 3.39. The van der Waals surface area contributed by atoms with Gasteiger partial charge in [0.05, 0.1) is 5.56 Å². The first-order valence-corrected chi connectivity index (χ1v) is 7.07. The zero-order chi connectivity index (χ0) is 15.8. The average molecular weight is 292 g/mol. The standard InChI is InChI=1S/C15H24N4O2/c1-4-8-18-14(20)7-9-17-13-10-11(16)5-6-12(13)15(21)19(2)3/h5-6,10,17H,4,7-9,16H2,1-3H3,(H,18,20). The van der Waals surface area contributed by atoms with E-state index in [4.69, 9.17) is 5.73 Å². The van der Waals surface area contributed by atoms with Gasteiger partial charge in [0.15, 0.2) is 0 Å². The monoisotopic (exact) mass is 292 g/mol. The minimum Gasteiger partial charge on any atom is -0.399 e. The molecule has 1 aromatic rings. The van der Waals surface area contributed by atoms with E-state index in [9.17, 15) is 9.59 Å². The Balaban J connectivity index is 2.67. The van der Waals surface area contributed by atoms with E-state index in [0.29, 0.717) is 36.4 Å². The fourth-order valence-electron chi connectivity index (χ4n) is 1.80. The number of anilines is 2. The number of hydrogen-bond acceptors (Lipinski definition) is 4. The first-order valence-electron chi connectivity index (χ1n) is 7.07. The predicted octanol–water partition coefficient (Wildman–Crippen LogP) is 1.30. The lowest BCUT2D eigenvalue weighted by atomic mass is 10.1. The first-order chi connectivity index (χ1) is 9.95. The van der Waals surface area contributed by atoms with Gasteiger partial charge in [0.25, 0.3) is 5.91 Å². The summed E-state index contributed by atoms with van der Waals surface area (Å²) in [5.74, 6) is -0.110. The maximum atomic E-state index is 12.1. The molecule has 0 unspecified atom stereocenters. The quantitative estimate of drug-likeness (QED) is 0.661. The normalized spacial score (nSPS) is 10.0. The molecule has 116 valence electrons. The number of nitrogens with one attached hydrogen (secondary N) is 2. The Hall–Kier alpha value is -2.24. The molecule has 0 saturated heterocycles. The van der Waals surface area contributed by atoms with Crippen molar-refractivity contribution in [1.29, 1.82) is 0 Å². The minimum absolute atomic E-state index is 0.00580. The highest BCUT2D eigenvalue weighted by molar-refractivity contribution is 6.00. The molecule has 2 amide bonds. The highest BCUT2D eigenvalue weighted by Gasteiger charge is 2.13. The molecule has 6 heteroatoms. The van der Waals surface area contributed by atoms with E-state index >= 15 is 0 Å². The van der Waals surface area contributed by atoms with E-state index in [1.165, 1.54) is 4.90 Å². The second kappa shape index (κ2) is 8.14. The minimum atomic E-state index is -0.104. The molecule has 0 bridgehead atoms. The molecule has 0 heterocycles. The average Bonchev–Trinajstić information content (AvgIpc) is 2.44. The third kappa shape index (κ3) is 5.33. The molecule has 6 nitrogen and oxygen atoms in total. The van der Waals surface area contributed by atoms with Gasteiger partial charge in [0.1, 0.15) is 0 Å². The van der Waals surface area contributed by atoms with E-state index in [-0.39, 0.29) is 11.8 Å². The summed E-state index contributed by atoms with van der Waals surface area (Å²) >= 11 is 0. The van der Waals surface area contributed by atoms with Crippen LogP contribution in [0, 0.1) is 0 Å². The van der Waals surface area contributed by atoms with Gasteiger partial charge in [-0.2, -0.15) is 0 Å². The van der Waals surface area contributed by atoms with Gasteiger partial charge in [-0.1, -0.05) is 6.92 Å². The second-order valence-electron chi connectivity index (χ2n) is 5.03. The molecule has 21 heavy (non-hydrogen) atoms. The molecule has 0 radical (unpaired) electrons. The van der Waals surface area contributed by atoms with Crippen LogP contribution in [-0.4, -0.2) is 43.9 Å². The number of nitrogen functional groups attached to an aromatic ring is 1. The first kappa shape index (κ1) is 16.8. The van der Waals surface area contributed by atoms with Crippen LogP contribution in [0.4, 0.5) is 11.4 Å². The van der Waals surface area contributed by atoms with Crippen molar-refractivity contribution in [3.8, 4) is 0 Å². The van der Waals surface area contributed by atoms with E-state index < -0.39 is 0 Å². The van der Waals surface area contributed by atoms with Crippen LogP contribution in [0.1, 0.15) is 30.1 Å². The fraction of sp³-hybridized carbons (Fsp3) is 0.467. The Bertz CT molecular complexity index is 500. The lowest BCUT2D eigenvalue weighted by molar-refractivity contribution is -0.120. The van der Waals surface area contributed by atoms with E-state index in [1.54, 1.807) is 32.3 Å². The molecule has 0 aromatic heterocycles. The Morgan fingerprint density at radius 1 is 1.24 bits per heavy atom. The molecule has 4 N–H and O–H groups in total. The number of carbonyl (C=O) groups excluding carboxylic acids is 2. The maximum Gasteiger partial charge on any atom is 0.255 e. The van der Waals surface area contributed by atoms with E-state index in [1.807, 2.05) is 6.92 Å². The van der Waals surface area contributed by atoms with Gasteiger partial charge in [-0.25, -0.2) is 0 Å². The molecule has 0 aliphatic heterocycles. The molecular formula is C15H24N4O2. The lowest BCUT2D eigenvalue weighted by Crippen LogP contribution is -2.26. The van der Waals surface area contributed by atoms with Gasteiger partial charge in [0, 0.05) is 45.0 Å². The number of carbonyl (C=O) groups is 2.